The molecule has 1 heterocycles. The second kappa shape index (κ2) is 5.67. The van der Waals surface area contributed by atoms with E-state index < -0.39 is 5.97 Å². The molecular weight excluding hydrogens is 314 g/mol. The first-order valence-corrected chi connectivity index (χ1v) is 8.01. The molecule has 0 aliphatic rings. The number of para-hydroxylation sites is 1. The van der Waals surface area contributed by atoms with E-state index in [1.807, 2.05) is 59.2 Å². The van der Waals surface area contributed by atoms with Crippen LogP contribution in [-0.2, 0) is 0 Å². The van der Waals surface area contributed by atoms with Crippen LogP contribution in [0.1, 0.15) is 16.1 Å². The van der Waals surface area contributed by atoms with E-state index in [4.69, 9.17) is 4.74 Å². The van der Waals surface area contributed by atoms with Gasteiger partial charge in [-0.2, -0.15) is 0 Å². The van der Waals surface area contributed by atoms with E-state index in [0.29, 0.717) is 16.8 Å². The molecule has 0 atom stereocenters. The van der Waals surface area contributed by atoms with Gasteiger partial charge in [0.2, 0.25) is 0 Å². The van der Waals surface area contributed by atoms with Gasteiger partial charge < -0.3 is 19.2 Å². The van der Waals surface area contributed by atoms with Crippen molar-refractivity contribution in [3.63, 3.8) is 0 Å². The third-order valence-corrected chi connectivity index (χ3v) is 4.61. The summed E-state index contributed by atoms with van der Waals surface area (Å²) in [4.78, 5) is 11.9. The summed E-state index contributed by atoms with van der Waals surface area (Å²) in [5, 5.41) is 14.4. The summed E-state index contributed by atoms with van der Waals surface area (Å²) in [6.45, 7) is 1.80. The lowest BCUT2D eigenvalue weighted by molar-refractivity contribution is -0.254. The van der Waals surface area contributed by atoms with Gasteiger partial charge in [-0.15, -0.1) is 0 Å². The average molecular weight is 330 g/mol. The number of aromatic carboxylic acids is 1. The Kier molecular flexibility index (Phi) is 3.46. The molecule has 0 bridgehead atoms. The molecule has 124 valence electrons. The summed E-state index contributed by atoms with van der Waals surface area (Å²) < 4.78 is 7.48. The number of nitrogens with zero attached hydrogens (tertiary/aromatic N) is 1. The van der Waals surface area contributed by atoms with Crippen LogP contribution in [0.4, 0.5) is 0 Å². The number of carboxylic acids is 1. The highest BCUT2D eigenvalue weighted by molar-refractivity contribution is 6.16. The second-order valence-electron chi connectivity index (χ2n) is 5.94. The minimum absolute atomic E-state index is 0.197. The number of hydrogen-bond donors (Lipinski definition) is 0. The first kappa shape index (κ1) is 15.3. The lowest BCUT2D eigenvalue weighted by Crippen LogP contribution is -2.23. The predicted molar refractivity (Wildman–Crippen MR) is 96.4 cm³/mol. The Morgan fingerprint density at radius 3 is 2.24 bits per heavy atom. The van der Waals surface area contributed by atoms with E-state index in [1.54, 1.807) is 20.1 Å². The van der Waals surface area contributed by atoms with Gasteiger partial charge in [-0.25, -0.2) is 0 Å². The first-order chi connectivity index (χ1) is 12.1. The normalized spacial score (nSPS) is 11.1. The molecule has 0 spiro atoms. The summed E-state index contributed by atoms with van der Waals surface area (Å²) in [5.74, 6) is -0.537. The molecule has 0 unspecified atom stereocenters. The molecule has 4 nitrogen and oxygen atoms in total. The van der Waals surface area contributed by atoms with E-state index in [2.05, 4.69) is 0 Å². The molecular formula is C21H16NO3-. The van der Waals surface area contributed by atoms with Crippen molar-refractivity contribution in [1.82, 2.24) is 4.57 Å². The molecule has 4 heteroatoms. The maximum atomic E-state index is 11.9. The van der Waals surface area contributed by atoms with Crippen LogP contribution in [0.15, 0.2) is 60.7 Å². The number of carbonyl (C=O) groups excluding carboxylic acids is 1. The van der Waals surface area contributed by atoms with Gasteiger partial charge in [0.15, 0.2) is 0 Å². The van der Waals surface area contributed by atoms with Crippen molar-refractivity contribution < 1.29 is 14.6 Å². The van der Waals surface area contributed by atoms with Crippen LogP contribution in [0.5, 0.6) is 5.75 Å². The number of carbonyl (C=O) groups is 1. The van der Waals surface area contributed by atoms with E-state index >= 15 is 0 Å². The van der Waals surface area contributed by atoms with Gasteiger partial charge in [-0.1, -0.05) is 42.5 Å². The fraction of sp³-hybridized carbons (Fsp3) is 0.0952. The molecule has 3 aromatic carbocycles. The number of ether oxygens (including phenoxy) is 1. The van der Waals surface area contributed by atoms with E-state index in [-0.39, 0.29) is 5.56 Å². The third kappa shape index (κ3) is 2.18. The second-order valence-corrected chi connectivity index (χ2v) is 5.94. The molecule has 4 rings (SSSR count). The van der Waals surface area contributed by atoms with Crippen molar-refractivity contribution >= 4 is 27.6 Å². The summed E-state index contributed by atoms with van der Waals surface area (Å²) >= 11 is 0. The lowest BCUT2D eigenvalue weighted by atomic mass is 10.0. The Labute approximate surface area is 144 Å². The zero-order chi connectivity index (χ0) is 17.6. The van der Waals surface area contributed by atoms with Crippen LogP contribution in [-0.4, -0.2) is 17.6 Å². The van der Waals surface area contributed by atoms with Crippen molar-refractivity contribution in [2.45, 2.75) is 6.92 Å². The van der Waals surface area contributed by atoms with Gasteiger partial charge in [0.1, 0.15) is 5.75 Å². The Morgan fingerprint density at radius 1 is 0.960 bits per heavy atom. The minimum Gasteiger partial charge on any atom is -0.545 e. The topological polar surface area (TPSA) is 54.3 Å². The van der Waals surface area contributed by atoms with Crippen molar-refractivity contribution in [2.75, 3.05) is 7.11 Å². The maximum absolute atomic E-state index is 11.9. The molecule has 0 aliphatic carbocycles. The first-order valence-electron chi connectivity index (χ1n) is 8.01. The largest absolute Gasteiger partial charge is 0.545 e. The zero-order valence-corrected chi connectivity index (χ0v) is 13.9. The number of benzene rings is 3. The van der Waals surface area contributed by atoms with E-state index in [9.17, 15) is 9.90 Å². The molecule has 4 aromatic rings. The number of methoxy groups -OCH3 is 1. The SMILES string of the molecule is COc1cc2c(C(=O)[O-])c(C)n(-c3ccccc3)c2c2ccccc12. The highest BCUT2D eigenvalue weighted by Gasteiger charge is 2.20. The predicted octanol–water partition coefficient (Wildman–Crippen LogP) is 3.46. The van der Waals surface area contributed by atoms with Crippen molar-refractivity contribution in [2.24, 2.45) is 0 Å². The molecule has 25 heavy (non-hydrogen) atoms. The fourth-order valence-electron chi connectivity index (χ4n) is 3.56. The summed E-state index contributed by atoms with van der Waals surface area (Å²) in [5.41, 5.74) is 2.59. The van der Waals surface area contributed by atoms with Crippen molar-refractivity contribution in [1.29, 1.82) is 0 Å². The van der Waals surface area contributed by atoms with Crippen LogP contribution >= 0.6 is 0 Å². The quantitative estimate of drug-likeness (QED) is 0.578. The maximum Gasteiger partial charge on any atom is 0.127 e. The molecule has 0 radical (unpaired) electrons. The van der Waals surface area contributed by atoms with Crippen molar-refractivity contribution in [3.05, 3.63) is 71.9 Å². The van der Waals surface area contributed by atoms with Gasteiger partial charge in [0.25, 0.3) is 0 Å². The number of aromatic nitrogens is 1. The monoisotopic (exact) mass is 330 g/mol. The molecule has 0 amide bonds. The fourth-order valence-corrected chi connectivity index (χ4v) is 3.56. The van der Waals surface area contributed by atoms with Crippen LogP contribution in [0.3, 0.4) is 0 Å². The third-order valence-electron chi connectivity index (χ3n) is 4.61. The number of rotatable bonds is 3. The number of fused-ring (bicyclic) bond motifs is 3. The lowest BCUT2D eigenvalue weighted by Gasteiger charge is -2.12. The Hall–Kier alpha value is -3.27. The Balaban J connectivity index is 2.28. The number of carboxylic acid groups (broad SMARTS) is 1. The van der Waals surface area contributed by atoms with E-state index in [1.165, 1.54) is 0 Å². The van der Waals surface area contributed by atoms with Crippen molar-refractivity contribution in [3.8, 4) is 11.4 Å². The molecule has 0 fully saturated rings. The average Bonchev–Trinajstić information content (AvgIpc) is 2.93. The van der Waals surface area contributed by atoms with Gasteiger partial charge in [-0.05, 0) is 25.1 Å². The molecule has 0 saturated heterocycles. The number of hydrogen-bond acceptors (Lipinski definition) is 3. The van der Waals surface area contributed by atoms with Crippen LogP contribution in [0.25, 0.3) is 27.4 Å². The molecule has 0 aliphatic heterocycles. The Morgan fingerprint density at radius 2 is 1.60 bits per heavy atom. The van der Waals surface area contributed by atoms with Gasteiger partial charge in [-0.3, -0.25) is 0 Å². The smallest absolute Gasteiger partial charge is 0.127 e. The van der Waals surface area contributed by atoms with Gasteiger partial charge >= 0.3 is 0 Å². The zero-order valence-electron chi connectivity index (χ0n) is 13.9. The summed E-state index contributed by atoms with van der Waals surface area (Å²) in [6, 6.07) is 19.4. The standard InChI is InChI=1S/C21H17NO3/c1-13-19(21(23)24)17-12-18(25-2)15-10-6-7-11-16(15)20(17)22(13)14-8-4-3-5-9-14/h3-12H,1-2H3,(H,23,24)/p-1. The van der Waals surface area contributed by atoms with Gasteiger partial charge in [0, 0.05) is 33.1 Å². The molecule has 0 saturated carbocycles. The van der Waals surface area contributed by atoms with Crippen LogP contribution in [0.2, 0.25) is 0 Å². The molecule has 1 aromatic heterocycles. The minimum atomic E-state index is -1.19. The molecule has 0 N–H and O–H groups in total. The van der Waals surface area contributed by atoms with Crippen LogP contribution < -0.4 is 9.84 Å². The van der Waals surface area contributed by atoms with Gasteiger partial charge in [0.05, 0.1) is 18.6 Å². The van der Waals surface area contributed by atoms with E-state index in [0.717, 1.165) is 22.0 Å². The Bertz CT molecular complexity index is 1110. The van der Waals surface area contributed by atoms with Crippen LogP contribution in [0, 0.1) is 6.92 Å². The highest BCUT2D eigenvalue weighted by Crippen LogP contribution is 2.38. The summed E-state index contributed by atoms with van der Waals surface area (Å²) in [7, 11) is 1.59. The summed E-state index contributed by atoms with van der Waals surface area (Å²) in [6.07, 6.45) is 0. The highest BCUT2D eigenvalue weighted by atomic mass is 16.5.